The van der Waals surface area contributed by atoms with E-state index in [1.807, 2.05) is 20.8 Å². The van der Waals surface area contributed by atoms with Crippen LogP contribution in [0, 0.1) is 11.2 Å². The largest absolute Gasteiger partial charge is 0.481 e. The number of nitrogens with zero attached hydrogens (tertiary/aromatic N) is 2. The van der Waals surface area contributed by atoms with Gasteiger partial charge in [0.25, 0.3) is 5.91 Å². The highest BCUT2D eigenvalue weighted by Crippen LogP contribution is 2.31. The Hall–Kier alpha value is -2.73. The summed E-state index contributed by atoms with van der Waals surface area (Å²) in [6.07, 6.45) is -2.12. The molecule has 1 aliphatic heterocycles. The fraction of sp³-hybridized carbons (Fsp3) is 0.400. The van der Waals surface area contributed by atoms with Gasteiger partial charge in [0, 0.05) is 19.5 Å². The van der Waals surface area contributed by atoms with Gasteiger partial charge in [-0.1, -0.05) is 56.1 Å². The van der Waals surface area contributed by atoms with Gasteiger partial charge in [-0.15, -0.1) is 0 Å². The number of hydrogen-bond acceptors (Lipinski definition) is 5. The van der Waals surface area contributed by atoms with E-state index in [4.69, 9.17) is 23.2 Å². The number of carboxylic acid groups (broad SMARTS) is 1. The molecule has 38 heavy (non-hydrogen) atoms. The summed E-state index contributed by atoms with van der Waals surface area (Å²) < 4.78 is 41.5. The normalized spacial score (nSPS) is 17.3. The van der Waals surface area contributed by atoms with Crippen molar-refractivity contribution in [2.75, 3.05) is 13.1 Å². The monoisotopic (exact) mass is 587 g/mol. The molecule has 206 valence electrons. The highest BCUT2D eigenvalue weighted by molar-refractivity contribution is 7.89. The lowest BCUT2D eigenvalue weighted by atomic mass is 9.91. The minimum Gasteiger partial charge on any atom is -0.481 e. The van der Waals surface area contributed by atoms with E-state index >= 15 is 0 Å². The molecule has 1 aliphatic rings. The van der Waals surface area contributed by atoms with Crippen molar-refractivity contribution in [2.45, 2.75) is 50.7 Å². The van der Waals surface area contributed by atoms with Gasteiger partial charge in [-0.25, -0.2) is 12.8 Å². The van der Waals surface area contributed by atoms with Crippen LogP contribution in [0.25, 0.3) is 0 Å². The fourth-order valence-electron chi connectivity index (χ4n) is 4.09. The number of carbonyl (C=O) groups excluding carboxylic acids is 2. The molecule has 0 aromatic heterocycles. The first-order valence-corrected chi connectivity index (χ1v) is 13.8. The molecule has 0 radical (unpaired) electrons. The van der Waals surface area contributed by atoms with E-state index in [0.29, 0.717) is 5.56 Å². The minimum atomic E-state index is -4.34. The zero-order chi connectivity index (χ0) is 28.4. The third-order valence-corrected chi connectivity index (χ3v) is 8.42. The number of sulfonamides is 1. The Labute approximate surface area is 230 Å². The van der Waals surface area contributed by atoms with Gasteiger partial charge in [-0.2, -0.15) is 4.31 Å². The molecule has 1 saturated heterocycles. The van der Waals surface area contributed by atoms with Crippen molar-refractivity contribution in [1.82, 2.24) is 14.5 Å². The molecule has 1 heterocycles. The standard InChI is InChI=1S/C25H28Cl2FN3O6S/c1-25(2,3)14-21(32)30-10-11-31(38(36,37)17-8-9-18(26)19(27)12-17)24(30)23(35)29-20(13-22(33)34)15-4-6-16(28)7-5-15/h4-9,12,20,24H,10-11,13-14H2,1-3H3,(H,29,35)(H,33,34). The molecular formula is C25H28Cl2FN3O6S. The molecule has 0 spiro atoms. The van der Waals surface area contributed by atoms with Crippen molar-refractivity contribution in [3.05, 3.63) is 63.9 Å². The number of carboxylic acids is 1. The van der Waals surface area contributed by atoms with E-state index in [-0.39, 0.29) is 34.5 Å². The molecule has 9 nitrogen and oxygen atoms in total. The molecule has 2 unspecified atom stereocenters. The predicted octanol–water partition coefficient (Wildman–Crippen LogP) is 4.06. The fourth-order valence-corrected chi connectivity index (χ4v) is 6.02. The lowest BCUT2D eigenvalue weighted by Crippen LogP contribution is -2.54. The SMILES string of the molecule is CC(C)(C)CC(=O)N1CCN(S(=O)(=O)c2ccc(Cl)c(Cl)c2)C1C(=O)NC(CC(=O)O)c1ccc(F)cc1. The van der Waals surface area contributed by atoms with E-state index in [0.717, 1.165) is 27.4 Å². The van der Waals surface area contributed by atoms with Crippen LogP contribution in [0.4, 0.5) is 4.39 Å². The average Bonchev–Trinajstić information content (AvgIpc) is 3.26. The Balaban J connectivity index is 2.02. The summed E-state index contributed by atoms with van der Waals surface area (Å²) in [7, 11) is -4.34. The molecule has 2 N–H and O–H groups in total. The summed E-state index contributed by atoms with van der Waals surface area (Å²) >= 11 is 12.0. The smallest absolute Gasteiger partial charge is 0.305 e. The van der Waals surface area contributed by atoms with Crippen molar-refractivity contribution in [2.24, 2.45) is 5.41 Å². The molecule has 2 aromatic carbocycles. The quantitative estimate of drug-likeness (QED) is 0.480. The number of carbonyl (C=O) groups is 3. The van der Waals surface area contributed by atoms with Crippen LogP contribution in [0.5, 0.6) is 0 Å². The van der Waals surface area contributed by atoms with Crippen LogP contribution in [-0.2, 0) is 24.4 Å². The summed E-state index contributed by atoms with van der Waals surface area (Å²) in [6.45, 7) is 5.25. The number of benzene rings is 2. The zero-order valence-electron chi connectivity index (χ0n) is 20.9. The van der Waals surface area contributed by atoms with E-state index in [9.17, 15) is 32.3 Å². The first-order valence-electron chi connectivity index (χ1n) is 11.6. The average molecular weight is 588 g/mol. The van der Waals surface area contributed by atoms with Gasteiger partial charge in [-0.3, -0.25) is 14.4 Å². The van der Waals surface area contributed by atoms with Crippen molar-refractivity contribution < 1.29 is 32.3 Å². The van der Waals surface area contributed by atoms with Crippen LogP contribution in [0.2, 0.25) is 10.0 Å². The molecule has 2 atom stereocenters. The third kappa shape index (κ3) is 7.02. The maximum Gasteiger partial charge on any atom is 0.305 e. The summed E-state index contributed by atoms with van der Waals surface area (Å²) in [6, 6.07) is 7.47. The van der Waals surface area contributed by atoms with Crippen molar-refractivity contribution in [3.8, 4) is 0 Å². The Morgan fingerprint density at radius 3 is 2.26 bits per heavy atom. The third-order valence-electron chi connectivity index (χ3n) is 5.83. The van der Waals surface area contributed by atoms with E-state index in [1.165, 1.54) is 24.3 Å². The summed E-state index contributed by atoms with van der Waals surface area (Å²) in [4.78, 5) is 39.3. The molecular weight excluding hydrogens is 560 g/mol. The number of rotatable bonds is 8. The second-order valence-corrected chi connectivity index (χ2v) is 12.8. The Bertz CT molecular complexity index is 1330. The zero-order valence-corrected chi connectivity index (χ0v) is 23.3. The maximum atomic E-state index is 13.6. The Kier molecular flexibility index (Phi) is 9.08. The molecule has 1 fully saturated rings. The lowest BCUT2D eigenvalue weighted by molar-refractivity contribution is -0.143. The molecule has 13 heteroatoms. The van der Waals surface area contributed by atoms with Gasteiger partial charge in [0.2, 0.25) is 15.9 Å². The maximum absolute atomic E-state index is 13.6. The van der Waals surface area contributed by atoms with Crippen molar-refractivity contribution in [3.63, 3.8) is 0 Å². The second-order valence-electron chi connectivity index (χ2n) is 10.1. The highest BCUT2D eigenvalue weighted by Gasteiger charge is 2.47. The highest BCUT2D eigenvalue weighted by atomic mass is 35.5. The van der Waals surface area contributed by atoms with Gasteiger partial charge in [0.1, 0.15) is 5.82 Å². The van der Waals surface area contributed by atoms with Gasteiger partial charge in [0.15, 0.2) is 6.17 Å². The van der Waals surface area contributed by atoms with E-state index in [1.54, 1.807) is 0 Å². The number of hydrogen-bond donors (Lipinski definition) is 2. The number of nitrogens with one attached hydrogen (secondary N) is 1. The van der Waals surface area contributed by atoms with Crippen LogP contribution in [0.1, 0.15) is 45.2 Å². The lowest BCUT2D eigenvalue weighted by Gasteiger charge is -2.31. The minimum absolute atomic E-state index is 0.00793. The van der Waals surface area contributed by atoms with Crippen molar-refractivity contribution in [1.29, 1.82) is 0 Å². The Morgan fingerprint density at radius 1 is 1.08 bits per heavy atom. The number of amides is 2. The predicted molar refractivity (Wildman–Crippen MR) is 139 cm³/mol. The number of aliphatic carboxylic acids is 1. The molecule has 0 aliphatic carbocycles. The van der Waals surface area contributed by atoms with Crippen LogP contribution in [0.15, 0.2) is 47.4 Å². The molecule has 0 saturated carbocycles. The van der Waals surface area contributed by atoms with Crippen LogP contribution < -0.4 is 5.32 Å². The van der Waals surface area contributed by atoms with Gasteiger partial charge in [0.05, 0.1) is 27.4 Å². The molecule has 3 rings (SSSR count). The van der Waals surface area contributed by atoms with Gasteiger partial charge >= 0.3 is 5.97 Å². The van der Waals surface area contributed by atoms with Crippen LogP contribution in [0.3, 0.4) is 0 Å². The topological polar surface area (TPSA) is 124 Å². The molecule has 0 bridgehead atoms. The number of halogens is 3. The first kappa shape index (κ1) is 29.8. The van der Waals surface area contributed by atoms with E-state index < -0.39 is 57.7 Å². The Morgan fingerprint density at radius 2 is 1.71 bits per heavy atom. The molecule has 2 aromatic rings. The van der Waals surface area contributed by atoms with Crippen molar-refractivity contribution >= 4 is 51.0 Å². The van der Waals surface area contributed by atoms with Gasteiger partial charge < -0.3 is 15.3 Å². The van der Waals surface area contributed by atoms with E-state index in [2.05, 4.69) is 5.32 Å². The first-order chi connectivity index (χ1) is 17.6. The second kappa shape index (κ2) is 11.6. The van der Waals surface area contributed by atoms with Crippen LogP contribution in [-0.4, -0.2) is 59.8 Å². The summed E-state index contributed by atoms with van der Waals surface area (Å²) in [5, 5.41) is 12.1. The summed E-state index contributed by atoms with van der Waals surface area (Å²) in [5.41, 5.74) is -0.153. The molecule has 2 amide bonds. The van der Waals surface area contributed by atoms with Gasteiger partial charge in [-0.05, 0) is 41.3 Å². The summed E-state index contributed by atoms with van der Waals surface area (Å²) in [5.74, 6) is -3.14. The van der Waals surface area contributed by atoms with Crippen LogP contribution >= 0.6 is 23.2 Å².